The van der Waals surface area contributed by atoms with Crippen LogP contribution >= 0.6 is 0 Å². The zero-order chi connectivity index (χ0) is 34.2. The van der Waals surface area contributed by atoms with Crippen LogP contribution in [0.5, 0.6) is 0 Å². The zero-order valence-electron chi connectivity index (χ0n) is 27.9. The summed E-state index contributed by atoms with van der Waals surface area (Å²) in [5.41, 5.74) is 3.21. The SMILES string of the molecule is CC(=O)NC1CN(C(=O)c2ccc(C(=O)N3C[C@@H](C(=O)N[C@H]4C[C@@H]4c4ccccc4)[C@H](C(=O)N[C@H]4C[C@@H]4c4ccccc4)C3)cc2)CC1C. The fourth-order valence-electron chi connectivity index (χ4n) is 7.63. The second kappa shape index (κ2) is 13.5. The lowest BCUT2D eigenvalue weighted by molar-refractivity contribution is -0.133. The van der Waals surface area contributed by atoms with E-state index in [9.17, 15) is 24.0 Å². The van der Waals surface area contributed by atoms with E-state index in [0.29, 0.717) is 24.2 Å². The maximum atomic E-state index is 13.8. The molecule has 2 aliphatic heterocycles. The van der Waals surface area contributed by atoms with Crippen LogP contribution in [0.4, 0.5) is 0 Å². The maximum absolute atomic E-state index is 13.8. The van der Waals surface area contributed by atoms with Crippen LogP contribution in [0.15, 0.2) is 84.9 Å². The van der Waals surface area contributed by atoms with Gasteiger partial charge in [0.2, 0.25) is 17.7 Å². The van der Waals surface area contributed by atoms with Crippen molar-refractivity contribution in [2.24, 2.45) is 17.8 Å². The fraction of sp³-hybridized carbons (Fsp3) is 0.410. The molecule has 49 heavy (non-hydrogen) atoms. The first-order valence-electron chi connectivity index (χ1n) is 17.3. The number of nitrogens with one attached hydrogen (secondary N) is 3. The van der Waals surface area contributed by atoms with Crippen LogP contribution in [0.1, 0.15) is 70.4 Å². The summed E-state index contributed by atoms with van der Waals surface area (Å²) in [5, 5.41) is 9.26. The molecule has 2 saturated heterocycles. The highest BCUT2D eigenvalue weighted by atomic mass is 16.2. The van der Waals surface area contributed by atoms with Crippen LogP contribution in [0.3, 0.4) is 0 Å². The summed E-state index contributed by atoms with van der Waals surface area (Å²) in [6, 6.07) is 26.6. The number of carbonyl (C=O) groups excluding carboxylic acids is 5. The summed E-state index contributed by atoms with van der Waals surface area (Å²) in [5.74, 6) is -1.69. The normalized spacial score (nSPS) is 28.4. The van der Waals surface area contributed by atoms with Gasteiger partial charge >= 0.3 is 0 Å². The van der Waals surface area contributed by atoms with Crippen molar-refractivity contribution < 1.29 is 24.0 Å². The predicted molar refractivity (Wildman–Crippen MR) is 183 cm³/mol. The van der Waals surface area contributed by atoms with Crippen molar-refractivity contribution >= 4 is 29.5 Å². The third-order valence-electron chi connectivity index (χ3n) is 10.6. The van der Waals surface area contributed by atoms with E-state index in [1.807, 2.05) is 43.3 Å². The second-order valence-electron chi connectivity index (χ2n) is 14.2. The van der Waals surface area contributed by atoms with Gasteiger partial charge in [0.25, 0.3) is 11.8 Å². The number of amides is 5. The van der Waals surface area contributed by atoms with Crippen molar-refractivity contribution in [2.75, 3.05) is 26.2 Å². The lowest BCUT2D eigenvalue weighted by Crippen LogP contribution is -2.43. The molecule has 8 atom stereocenters. The minimum Gasteiger partial charge on any atom is -0.352 e. The number of benzene rings is 3. The molecular weight excluding hydrogens is 618 g/mol. The highest BCUT2D eigenvalue weighted by molar-refractivity contribution is 5.99. The van der Waals surface area contributed by atoms with Crippen molar-refractivity contribution in [1.29, 1.82) is 0 Å². The van der Waals surface area contributed by atoms with Crippen molar-refractivity contribution in [3.63, 3.8) is 0 Å². The minimum atomic E-state index is -0.676. The molecule has 2 heterocycles. The number of hydrogen-bond acceptors (Lipinski definition) is 5. The third-order valence-corrected chi connectivity index (χ3v) is 10.6. The summed E-state index contributed by atoms with van der Waals surface area (Å²) >= 11 is 0. The number of nitrogens with zero attached hydrogens (tertiary/aromatic N) is 2. The van der Waals surface area contributed by atoms with E-state index >= 15 is 0 Å². The zero-order valence-corrected chi connectivity index (χ0v) is 27.9. The summed E-state index contributed by atoms with van der Waals surface area (Å²) < 4.78 is 0. The minimum absolute atomic E-state index is 0.00598. The molecular formula is C39H43N5O5. The summed E-state index contributed by atoms with van der Waals surface area (Å²) in [6.45, 7) is 4.71. The van der Waals surface area contributed by atoms with Crippen molar-refractivity contribution in [1.82, 2.24) is 25.8 Å². The van der Waals surface area contributed by atoms with Gasteiger partial charge in [-0.3, -0.25) is 24.0 Å². The third kappa shape index (κ3) is 7.09. The van der Waals surface area contributed by atoms with Gasteiger partial charge in [-0.1, -0.05) is 67.6 Å². The highest BCUT2D eigenvalue weighted by Crippen LogP contribution is 2.42. The molecule has 3 N–H and O–H groups in total. The first-order valence-corrected chi connectivity index (χ1v) is 17.3. The predicted octanol–water partition coefficient (Wildman–Crippen LogP) is 3.32. The first kappa shape index (κ1) is 32.6. The molecule has 3 aromatic carbocycles. The topological polar surface area (TPSA) is 128 Å². The Morgan fingerprint density at radius 1 is 0.551 bits per heavy atom. The van der Waals surface area contributed by atoms with Gasteiger partial charge in [-0.25, -0.2) is 0 Å². The molecule has 2 saturated carbocycles. The van der Waals surface area contributed by atoms with Gasteiger partial charge in [0.05, 0.1) is 17.9 Å². The first-order chi connectivity index (χ1) is 23.7. The quantitative estimate of drug-likeness (QED) is 0.324. The summed E-state index contributed by atoms with van der Waals surface area (Å²) in [6.07, 6.45) is 1.69. The van der Waals surface area contributed by atoms with Gasteiger partial charge in [0, 0.05) is 68.1 Å². The van der Waals surface area contributed by atoms with Crippen molar-refractivity contribution in [2.45, 2.75) is 56.7 Å². The molecule has 2 unspecified atom stereocenters. The molecule has 254 valence electrons. The average Bonchev–Trinajstić information content (AvgIpc) is 3.98. The van der Waals surface area contributed by atoms with Gasteiger partial charge in [0.15, 0.2) is 0 Å². The van der Waals surface area contributed by atoms with E-state index in [1.165, 1.54) is 18.1 Å². The molecule has 4 aliphatic rings. The van der Waals surface area contributed by atoms with E-state index in [-0.39, 0.29) is 78.5 Å². The van der Waals surface area contributed by atoms with E-state index < -0.39 is 11.8 Å². The van der Waals surface area contributed by atoms with Crippen LogP contribution in [0.2, 0.25) is 0 Å². The van der Waals surface area contributed by atoms with Crippen molar-refractivity contribution in [3.8, 4) is 0 Å². The lowest BCUT2D eigenvalue weighted by atomic mass is 9.94. The Kier molecular flexibility index (Phi) is 8.96. The van der Waals surface area contributed by atoms with Crippen LogP contribution in [-0.2, 0) is 14.4 Å². The van der Waals surface area contributed by atoms with Gasteiger partial charge in [-0.2, -0.15) is 0 Å². The number of likely N-dealkylation sites (tertiary alicyclic amines) is 2. The smallest absolute Gasteiger partial charge is 0.253 e. The Balaban J connectivity index is 1.02. The largest absolute Gasteiger partial charge is 0.352 e. The molecule has 0 bridgehead atoms. The molecule has 7 rings (SSSR count). The van der Waals surface area contributed by atoms with Gasteiger partial charge in [-0.15, -0.1) is 0 Å². The maximum Gasteiger partial charge on any atom is 0.253 e. The van der Waals surface area contributed by atoms with E-state index in [0.717, 1.165) is 12.8 Å². The monoisotopic (exact) mass is 661 g/mol. The van der Waals surface area contributed by atoms with E-state index in [4.69, 9.17) is 0 Å². The van der Waals surface area contributed by atoms with Crippen LogP contribution in [0.25, 0.3) is 0 Å². The summed E-state index contributed by atoms with van der Waals surface area (Å²) in [4.78, 5) is 69.4. The highest BCUT2D eigenvalue weighted by Gasteiger charge is 2.49. The van der Waals surface area contributed by atoms with Gasteiger partial charge < -0.3 is 25.8 Å². The molecule has 0 radical (unpaired) electrons. The standard InChI is InChI=1S/C39H43N5O5/c1-23-19-43(22-35(23)40-24(2)45)38(48)27-13-15-28(16-14-27)39(49)44-20-31(36(46)41-33-17-29(33)25-9-5-3-6-10-25)32(21-44)37(47)42-34-18-30(34)26-11-7-4-8-12-26/h3-16,23,29-35H,17-22H2,1-2H3,(H,40,45)(H,41,46)(H,42,47)/t23?,29-,30-,31-,32-,33+,34+,35?/m1/s1. The molecule has 0 aromatic heterocycles. The van der Waals surface area contributed by atoms with Gasteiger partial charge in [-0.05, 0) is 54.2 Å². The molecule has 3 aromatic rings. The molecule has 4 fully saturated rings. The van der Waals surface area contributed by atoms with E-state index in [2.05, 4.69) is 40.2 Å². The van der Waals surface area contributed by atoms with Gasteiger partial charge in [0.1, 0.15) is 0 Å². The van der Waals surface area contributed by atoms with E-state index in [1.54, 1.807) is 34.1 Å². The average molecular weight is 662 g/mol. The fourth-order valence-corrected chi connectivity index (χ4v) is 7.63. The summed E-state index contributed by atoms with van der Waals surface area (Å²) in [7, 11) is 0. The molecule has 5 amide bonds. The van der Waals surface area contributed by atoms with Crippen LogP contribution < -0.4 is 16.0 Å². The Bertz CT molecular complexity index is 1660. The van der Waals surface area contributed by atoms with Crippen molar-refractivity contribution in [3.05, 3.63) is 107 Å². The second-order valence-corrected chi connectivity index (χ2v) is 14.2. The number of carbonyl (C=O) groups is 5. The molecule has 0 spiro atoms. The van der Waals surface area contributed by atoms with Crippen LogP contribution in [-0.4, -0.2) is 83.6 Å². The molecule has 10 heteroatoms. The van der Waals surface area contributed by atoms with Crippen LogP contribution in [0, 0.1) is 17.8 Å². The Morgan fingerprint density at radius 2 is 0.980 bits per heavy atom. The number of rotatable bonds is 9. The molecule has 10 nitrogen and oxygen atoms in total. The Hall–Kier alpha value is -4.99. The number of hydrogen-bond donors (Lipinski definition) is 3. The molecule has 2 aliphatic carbocycles. The Morgan fingerprint density at radius 3 is 1.41 bits per heavy atom. The Labute approximate surface area is 286 Å². The lowest BCUT2D eigenvalue weighted by Gasteiger charge is -2.18.